The van der Waals surface area contributed by atoms with E-state index < -0.39 is 0 Å². The molecule has 4 saturated carbocycles. The summed E-state index contributed by atoms with van der Waals surface area (Å²) in [6.07, 6.45) is 17.9. The molecular weight excluding hydrogens is 928 g/mol. The maximum atomic E-state index is 3.00. The first-order valence-corrected chi connectivity index (χ1v) is 29.5. The molecule has 16 rings (SSSR count). The van der Waals surface area contributed by atoms with Crippen LogP contribution in [0.15, 0.2) is 133 Å². The van der Waals surface area contributed by atoms with Crippen LogP contribution >= 0.6 is 0 Å². The summed E-state index contributed by atoms with van der Waals surface area (Å²) in [5, 5.41) is 2.82. The molecule has 0 amide bonds. The van der Waals surface area contributed by atoms with Gasteiger partial charge in [-0.1, -0.05) is 189 Å². The Hall–Kier alpha value is -6.45. The van der Waals surface area contributed by atoms with E-state index >= 15 is 0 Å². The first-order chi connectivity index (χ1) is 36.8. The van der Waals surface area contributed by atoms with Crippen LogP contribution in [0.3, 0.4) is 0 Å². The Morgan fingerprint density at radius 1 is 0.506 bits per heavy atom. The zero-order valence-electron chi connectivity index (χ0n) is 47.8. The third kappa shape index (κ3) is 6.83. The maximum Gasteiger partial charge on any atom is 0.247 e. The van der Waals surface area contributed by atoms with Crippen molar-refractivity contribution in [1.29, 1.82) is 0 Å². The summed E-state index contributed by atoms with van der Waals surface area (Å²) in [5.41, 5.74) is 30.5. The first-order valence-electron chi connectivity index (χ1n) is 29.5. The average molecular weight is 1000 g/mol. The molecule has 8 aromatic rings. The van der Waals surface area contributed by atoms with E-state index in [2.05, 4.69) is 231 Å². The zero-order chi connectivity index (χ0) is 52.9. The van der Waals surface area contributed by atoms with Crippen molar-refractivity contribution < 1.29 is 0 Å². The molecule has 2 atom stereocenters. The highest BCUT2D eigenvalue weighted by molar-refractivity contribution is 7.02. The Kier molecular flexibility index (Phi) is 10.1. The zero-order valence-corrected chi connectivity index (χ0v) is 47.8. The van der Waals surface area contributed by atoms with Crippen molar-refractivity contribution in [2.45, 2.75) is 150 Å². The number of nitrogens with zero attached hydrogens (tertiary/aromatic N) is 3. The Labute approximate surface area is 459 Å². The summed E-state index contributed by atoms with van der Waals surface area (Å²) in [4.78, 5) is 5.62. The molecular formula is C72H75B2N3. The molecule has 3 aliphatic heterocycles. The van der Waals surface area contributed by atoms with Crippen molar-refractivity contribution >= 4 is 96.4 Å². The molecule has 8 aliphatic rings. The van der Waals surface area contributed by atoms with E-state index in [0.717, 1.165) is 17.8 Å². The Morgan fingerprint density at radius 3 is 1.53 bits per heavy atom. The Bertz CT molecular complexity index is 3710. The molecule has 0 radical (unpaired) electrons. The quantitative estimate of drug-likeness (QED) is 0.163. The second kappa shape index (κ2) is 16.3. The van der Waals surface area contributed by atoms with E-state index in [1.165, 1.54) is 172 Å². The van der Waals surface area contributed by atoms with Gasteiger partial charge in [0, 0.05) is 50.5 Å². The van der Waals surface area contributed by atoms with Crippen LogP contribution in [0.2, 0.25) is 0 Å². The average Bonchev–Trinajstić information content (AvgIpc) is 4.05. The van der Waals surface area contributed by atoms with Crippen LogP contribution in [0.25, 0.3) is 21.8 Å². The number of allylic oxidation sites excluding steroid dienone is 2. The molecule has 0 saturated heterocycles. The molecule has 5 aliphatic carbocycles. The van der Waals surface area contributed by atoms with Gasteiger partial charge in [-0.05, 0) is 178 Å². The molecule has 384 valence electrons. The van der Waals surface area contributed by atoms with E-state index in [1.54, 1.807) is 0 Å². The molecule has 0 spiro atoms. The number of hydrogen-bond donors (Lipinski definition) is 0. The van der Waals surface area contributed by atoms with Crippen LogP contribution in [0.1, 0.15) is 136 Å². The lowest BCUT2D eigenvalue weighted by Gasteiger charge is -2.57. The highest BCUT2D eigenvalue weighted by Gasteiger charge is 2.54. The molecule has 4 bridgehead atoms. The van der Waals surface area contributed by atoms with Gasteiger partial charge in [0.2, 0.25) is 13.4 Å². The highest BCUT2D eigenvalue weighted by atomic mass is 15.2. The Morgan fingerprint density at radius 2 is 1.01 bits per heavy atom. The third-order valence-corrected chi connectivity index (χ3v) is 20.5. The second-order valence-electron chi connectivity index (χ2n) is 27.9. The minimum absolute atomic E-state index is 0.00282. The fraction of sp³-hybridized carbons (Fsp3) is 0.361. The summed E-state index contributed by atoms with van der Waals surface area (Å²) in [5.74, 6) is 2.71. The van der Waals surface area contributed by atoms with Gasteiger partial charge in [0.15, 0.2) is 0 Å². The van der Waals surface area contributed by atoms with Crippen molar-refractivity contribution in [3.63, 3.8) is 0 Å². The predicted molar refractivity (Wildman–Crippen MR) is 332 cm³/mol. The summed E-state index contributed by atoms with van der Waals surface area (Å²) in [6, 6.07) is 45.0. The van der Waals surface area contributed by atoms with Crippen LogP contribution in [0.4, 0.5) is 28.4 Å². The van der Waals surface area contributed by atoms with Crippen LogP contribution in [-0.2, 0) is 16.4 Å². The number of benzene rings is 7. The molecule has 4 fully saturated rings. The van der Waals surface area contributed by atoms with Crippen LogP contribution < -0.4 is 42.6 Å². The minimum atomic E-state index is -0.0349. The number of fused-ring (bicyclic) bond motifs is 11. The van der Waals surface area contributed by atoms with Gasteiger partial charge in [-0.3, -0.25) is 0 Å². The number of rotatable bonds is 4. The van der Waals surface area contributed by atoms with E-state index in [0.29, 0.717) is 0 Å². The lowest BCUT2D eigenvalue weighted by molar-refractivity contribution is -0.0386. The molecule has 7 aromatic carbocycles. The molecule has 3 nitrogen and oxygen atoms in total. The normalized spacial score (nSPS) is 23.5. The highest BCUT2D eigenvalue weighted by Crippen LogP contribution is 2.62. The number of para-hydroxylation sites is 1. The van der Waals surface area contributed by atoms with Crippen LogP contribution in [0, 0.1) is 59.3 Å². The molecule has 0 N–H and O–H groups in total. The van der Waals surface area contributed by atoms with Gasteiger partial charge in [0.05, 0.1) is 17.2 Å². The Balaban J connectivity index is 1.09. The maximum absolute atomic E-state index is 3.00. The SMILES string of the molecule is Cc1cc(C)c(B2c3cc(C(C)(C)C)ccc3N3c4ccc(C(C)(C)C)cc4B(c4c(C)cc(C)cc4C)c4cc(N5c6c(ccc7c8ccccc8n(C89CC%10CC(CC(C%10)C8)C9)c67)C6C=CC=CC65)cc2c43)c(C)c1. The van der Waals surface area contributed by atoms with Gasteiger partial charge in [0.25, 0.3) is 0 Å². The van der Waals surface area contributed by atoms with Gasteiger partial charge in [-0.2, -0.15) is 0 Å². The molecule has 77 heavy (non-hydrogen) atoms. The summed E-state index contributed by atoms with van der Waals surface area (Å²) >= 11 is 0. The van der Waals surface area contributed by atoms with Gasteiger partial charge in [0.1, 0.15) is 0 Å². The third-order valence-electron chi connectivity index (χ3n) is 20.5. The summed E-state index contributed by atoms with van der Waals surface area (Å²) in [6.45, 7) is 28.4. The van der Waals surface area contributed by atoms with Crippen LogP contribution in [0.5, 0.6) is 0 Å². The standard InChI is InChI=1S/C72H75B2N3/c1-41-27-43(3)65(44(4)28-41)73-57-34-50(70(7,8)9)21-25-63(57)76-64-26-22-51(71(10,11)12)35-58(64)74(66-45(5)29-42(2)30-46(66)6)60-37-52(36-59(73)69(60)76)75-61-19-15-13-17-53(61)55-23-24-56-54-18-14-16-20-62(54)77(68(56)67(55)75)72-38-47-31-48(39-72)33-49(32-47)40-72/h13-30,34-37,47-49,53,61H,31-33,38-40H2,1-12H3. The molecule has 5 heteroatoms. The summed E-state index contributed by atoms with van der Waals surface area (Å²) in [7, 11) is 0. The minimum Gasteiger partial charge on any atom is -0.332 e. The molecule has 1 aromatic heterocycles. The van der Waals surface area contributed by atoms with Crippen molar-refractivity contribution in [2.75, 3.05) is 9.80 Å². The number of aryl methyl sites for hydroxylation is 6. The van der Waals surface area contributed by atoms with E-state index in [-0.39, 0.29) is 41.8 Å². The smallest absolute Gasteiger partial charge is 0.247 e. The molecule has 2 unspecified atom stereocenters. The monoisotopic (exact) mass is 1000 g/mol. The van der Waals surface area contributed by atoms with E-state index in [9.17, 15) is 0 Å². The summed E-state index contributed by atoms with van der Waals surface area (Å²) < 4.78 is 3.00. The van der Waals surface area contributed by atoms with Gasteiger partial charge in [-0.25, -0.2) is 0 Å². The number of aromatic nitrogens is 1. The van der Waals surface area contributed by atoms with E-state index in [1.807, 2.05) is 0 Å². The van der Waals surface area contributed by atoms with Crippen LogP contribution in [-0.4, -0.2) is 24.0 Å². The first kappa shape index (κ1) is 47.7. The molecule has 4 heterocycles. The predicted octanol–water partition coefficient (Wildman–Crippen LogP) is 14.0. The van der Waals surface area contributed by atoms with Gasteiger partial charge in [-0.15, -0.1) is 0 Å². The largest absolute Gasteiger partial charge is 0.332 e. The lowest BCUT2D eigenvalue weighted by Crippen LogP contribution is -2.66. The van der Waals surface area contributed by atoms with E-state index in [4.69, 9.17) is 0 Å². The number of anilines is 5. The van der Waals surface area contributed by atoms with Crippen molar-refractivity contribution in [3.05, 3.63) is 184 Å². The lowest BCUT2D eigenvalue weighted by atomic mass is 9.29. The second-order valence-corrected chi connectivity index (χ2v) is 27.9. The van der Waals surface area contributed by atoms with Crippen molar-refractivity contribution in [3.8, 4) is 0 Å². The van der Waals surface area contributed by atoms with Gasteiger partial charge < -0.3 is 14.4 Å². The number of hydrogen-bond acceptors (Lipinski definition) is 2. The van der Waals surface area contributed by atoms with Gasteiger partial charge >= 0.3 is 0 Å². The van der Waals surface area contributed by atoms with Crippen molar-refractivity contribution in [1.82, 2.24) is 4.57 Å². The topological polar surface area (TPSA) is 11.4 Å². The van der Waals surface area contributed by atoms with Crippen molar-refractivity contribution in [2.24, 2.45) is 17.8 Å². The fourth-order valence-electron chi connectivity index (χ4n) is 18.0. The fourth-order valence-corrected chi connectivity index (χ4v) is 18.0.